The van der Waals surface area contributed by atoms with Crippen LogP contribution in [0.2, 0.25) is 0 Å². The van der Waals surface area contributed by atoms with Gasteiger partial charge >= 0.3 is 0 Å². The molecular weight excluding hydrogens is 140 g/mol. The Morgan fingerprint density at radius 2 is 1.45 bits per heavy atom. The predicted molar refractivity (Wildman–Crippen MR) is 42.7 cm³/mol. The lowest BCUT2D eigenvalue weighted by Gasteiger charge is -1.70. The van der Waals surface area contributed by atoms with Gasteiger partial charge in [-0.25, -0.2) is 0 Å². The highest BCUT2D eigenvalue weighted by atomic mass is 15.3. The van der Waals surface area contributed by atoms with Gasteiger partial charge in [-0.1, -0.05) is 6.07 Å². The van der Waals surface area contributed by atoms with Crippen LogP contribution in [0.25, 0.3) is 0 Å². The van der Waals surface area contributed by atoms with Crippen LogP contribution >= 0.6 is 0 Å². The third-order valence-corrected chi connectivity index (χ3v) is 0.898. The number of nitrogens with one attached hydrogen (secondary N) is 1. The van der Waals surface area contributed by atoms with E-state index in [9.17, 15) is 0 Å². The average molecular weight is 150 g/mol. The Morgan fingerprint density at radius 1 is 0.818 bits per heavy atom. The first-order chi connectivity index (χ1) is 5.50. The number of aromatic nitrogens is 4. The molecule has 0 aromatic carbocycles. The van der Waals surface area contributed by atoms with E-state index in [1.165, 1.54) is 0 Å². The SMILES string of the molecule is [HH].c1ccncc1.c1cn[nH]n1. The van der Waals surface area contributed by atoms with E-state index in [0.717, 1.165) is 0 Å². The molecule has 0 aliphatic rings. The first kappa shape index (κ1) is 7.40. The molecule has 0 saturated carbocycles. The van der Waals surface area contributed by atoms with Crippen molar-refractivity contribution in [2.45, 2.75) is 0 Å². The van der Waals surface area contributed by atoms with Crippen molar-refractivity contribution < 1.29 is 1.43 Å². The van der Waals surface area contributed by atoms with Gasteiger partial charge in [0.15, 0.2) is 0 Å². The minimum Gasteiger partial charge on any atom is -0.265 e. The van der Waals surface area contributed by atoms with Crippen molar-refractivity contribution in [2.24, 2.45) is 0 Å². The maximum absolute atomic E-state index is 3.78. The van der Waals surface area contributed by atoms with Crippen molar-refractivity contribution in [3.63, 3.8) is 0 Å². The smallest absolute Gasteiger partial charge is 0.0690 e. The fraction of sp³-hybridized carbons (Fsp3) is 0. The summed E-state index contributed by atoms with van der Waals surface area (Å²) in [7, 11) is 0. The second kappa shape index (κ2) is 5.10. The van der Waals surface area contributed by atoms with Gasteiger partial charge in [0.1, 0.15) is 0 Å². The molecule has 2 aromatic heterocycles. The summed E-state index contributed by atoms with van der Waals surface area (Å²) in [5, 5.41) is 9.33. The molecule has 0 amide bonds. The molecule has 58 valence electrons. The third-order valence-electron chi connectivity index (χ3n) is 0.898. The molecule has 1 N–H and O–H groups in total. The molecule has 2 rings (SSSR count). The van der Waals surface area contributed by atoms with Gasteiger partial charge in [0.05, 0.1) is 12.4 Å². The summed E-state index contributed by atoms with van der Waals surface area (Å²) in [6, 6.07) is 5.72. The quantitative estimate of drug-likeness (QED) is 0.612. The molecular formula is C7H10N4. The highest BCUT2D eigenvalue weighted by Gasteiger charge is 1.58. The first-order valence-corrected chi connectivity index (χ1v) is 3.15. The van der Waals surface area contributed by atoms with Crippen LogP contribution < -0.4 is 0 Å². The number of rotatable bonds is 0. The second-order valence-electron chi connectivity index (χ2n) is 1.68. The van der Waals surface area contributed by atoms with Crippen LogP contribution in [0.1, 0.15) is 1.43 Å². The zero-order valence-electron chi connectivity index (χ0n) is 5.88. The van der Waals surface area contributed by atoms with E-state index in [-0.39, 0.29) is 1.43 Å². The molecule has 0 bridgehead atoms. The number of H-pyrrole nitrogens is 1. The summed E-state index contributed by atoms with van der Waals surface area (Å²) in [4.78, 5) is 3.78. The Kier molecular flexibility index (Phi) is 3.43. The standard InChI is InChI=1S/C5H5N.C2H3N3.H2/c1-2-4-6-5-3-1;1-2-4-5-3-1;/h1-5H;1-2H,(H,3,4,5);1H. The van der Waals surface area contributed by atoms with Crippen molar-refractivity contribution in [3.05, 3.63) is 43.0 Å². The van der Waals surface area contributed by atoms with Crippen molar-refractivity contribution >= 4 is 0 Å². The Balaban J connectivity index is 0.000000189. The van der Waals surface area contributed by atoms with Crippen LogP contribution in [0.5, 0.6) is 0 Å². The highest BCUT2D eigenvalue weighted by molar-refractivity contribution is 4.88. The highest BCUT2D eigenvalue weighted by Crippen LogP contribution is 1.73. The number of pyridine rings is 1. The van der Waals surface area contributed by atoms with Gasteiger partial charge < -0.3 is 0 Å². The van der Waals surface area contributed by atoms with Crippen LogP contribution in [0.3, 0.4) is 0 Å². The van der Waals surface area contributed by atoms with Crippen LogP contribution in [0.15, 0.2) is 43.0 Å². The lowest BCUT2D eigenvalue weighted by atomic mass is 10.5. The first-order valence-electron chi connectivity index (χ1n) is 3.15. The lowest BCUT2D eigenvalue weighted by molar-refractivity contribution is 0.940. The molecule has 0 atom stereocenters. The summed E-state index contributed by atoms with van der Waals surface area (Å²) >= 11 is 0. The molecule has 0 fully saturated rings. The van der Waals surface area contributed by atoms with Crippen molar-refractivity contribution in [3.8, 4) is 0 Å². The third kappa shape index (κ3) is 3.80. The monoisotopic (exact) mass is 150 g/mol. The van der Waals surface area contributed by atoms with E-state index in [1.807, 2.05) is 18.2 Å². The molecule has 11 heavy (non-hydrogen) atoms. The molecule has 0 aliphatic carbocycles. The molecule has 4 heteroatoms. The Morgan fingerprint density at radius 3 is 1.64 bits per heavy atom. The largest absolute Gasteiger partial charge is 0.265 e. The van der Waals surface area contributed by atoms with Crippen LogP contribution in [0, 0.1) is 0 Å². The number of nitrogens with zero attached hydrogens (tertiary/aromatic N) is 3. The summed E-state index contributed by atoms with van der Waals surface area (Å²) in [5.74, 6) is 0. The van der Waals surface area contributed by atoms with Crippen molar-refractivity contribution in [1.82, 2.24) is 20.4 Å². The molecule has 2 aromatic rings. The van der Waals surface area contributed by atoms with Gasteiger partial charge in [-0.15, -0.1) is 0 Å². The fourth-order valence-electron chi connectivity index (χ4n) is 0.479. The van der Waals surface area contributed by atoms with Crippen molar-refractivity contribution in [1.29, 1.82) is 0 Å². The zero-order chi connectivity index (χ0) is 7.78. The van der Waals surface area contributed by atoms with Gasteiger partial charge in [0.25, 0.3) is 0 Å². The van der Waals surface area contributed by atoms with Crippen LogP contribution in [0.4, 0.5) is 0 Å². The van der Waals surface area contributed by atoms with Gasteiger partial charge in [0, 0.05) is 13.8 Å². The maximum atomic E-state index is 3.78. The van der Waals surface area contributed by atoms with Crippen LogP contribution in [-0.4, -0.2) is 20.4 Å². The Labute approximate surface area is 65.8 Å². The second-order valence-corrected chi connectivity index (χ2v) is 1.68. The van der Waals surface area contributed by atoms with E-state index < -0.39 is 0 Å². The number of hydrogen-bond donors (Lipinski definition) is 1. The topological polar surface area (TPSA) is 54.5 Å². The van der Waals surface area contributed by atoms with E-state index >= 15 is 0 Å². The Hall–Kier alpha value is -1.71. The summed E-state index contributed by atoms with van der Waals surface area (Å²) in [6.07, 6.45) is 6.67. The van der Waals surface area contributed by atoms with Crippen LogP contribution in [-0.2, 0) is 0 Å². The molecule has 0 saturated heterocycles. The number of hydrogen-bond acceptors (Lipinski definition) is 3. The van der Waals surface area contributed by atoms with Crippen molar-refractivity contribution in [2.75, 3.05) is 0 Å². The molecule has 0 aliphatic heterocycles. The average Bonchev–Trinajstić information content (AvgIpc) is 2.64. The maximum Gasteiger partial charge on any atom is 0.0690 e. The zero-order valence-corrected chi connectivity index (χ0v) is 5.88. The van der Waals surface area contributed by atoms with Gasteiger partial charge in [-0.05, 0) is 12.1 Å². The fourth-order valence-corrected chi connectivity index (χ4v) is 0.479. The van der Waals surface area contributed by atoms with Gasteiger partial charge in [-0.3, -0.25) is 4.98 Å². The molecule has 0 unspecified atom stereocenters. The van der Waals surface area contributed by atoms with E-state index in [0.29, 0.717) is 0 Å². The van der Waals surface area contributed by atoms with E-state index in [2.05, 4.69) is 20.4 Å². The molecule has 2 heterocycles. The normalized spacial score (nSPS) is 8.00. The minimum atomic E-state index is 0. The van der Waals surface area contributed by atoms with Gasteiger partial charge in [0.2, 0.25) is 0 Å². The number of aromatic amines is 1. The lowest BCUT2D eigenvalue weighted by Crippen LogP contribution is -1.61. The predicted octanol–water partition coefficient (Wildman–Crippen LogP) is 1.13. The van der Waals surface area contributed by atoms with E-state index in [4.69, 9.17) is 0 Å². The summed E-state index contributed by atoms with van der Waals surface area (Å²) < 4.78 is 0. The molecule has 0 spiro atoms. The Bertz CT molecular complexity index is 201. The van der Waals surface area contributed by atoms with E-state index in [1.54, 1.807) is 24.8 Å². The van der Waals surface area contributed by atoms with Gasteiger partial charge in [-0.2, -0.15) is 15.4 Å². The summed E-state index contributed by atoms with van der Waals surface area (Å²) in [5.41, 5.74) is 0. The minimum absolute atomic E-state index is 0. The molecule has 0 radical (unpaired) electrons. The summed E-state index contributed by atoms with van der Waals surface area (Å²) in [6.45, 7) is 0. The molecule has 4 nitrogen and oxygen atoms in total.